The van der Waals surface area contributed by atoms with Gasteiger partial charge in [0.15, 0.2) is 6.10 Å². The molecular formula is C22H22O6. The van der Waals surface area contributed by atoms with E-state index in [9.17, 15) is 9.59 Å². The van der Waals surface area contributed by atoms with Gasteiger partial charge in [0.05, 0.1) is 11.1 Å². The first kappa shape index (κ1) is 20.0. The minimum absolute atomic E-state index is 0.379. The predicted molar refractivity (Wildman–Crippen MR) is 101 cm³/mol. The lowest BCUT2D eigenvalue weighted by Crippen LogP contribution is -2.30. The van der Waals surface area contributed by atoms with E-state index < -0.39 is 18.0 Å². The monoisotopic (exact) mass is 382 g/mol. The summed E-state index contributed by atoms with van der Waals surface area (Å²) in [7, 11) is 0. The molecule has 1 aliphatic rings. The molecule has 28 heavy (non-hydrogen) atoms. The van der Waals surface area contributed by atoms with Gasteiger partial charge in [0.1, 0.15) is 6.10 Å². The summed E-state index contributed by atoms with van der Waals surface area (Å²) in [5, 5.41) is 0. The van der Waals surface area contributed by atoms with Gasteiger partial charge < -0.3 is 0 Å². The molecule has 1 fully saturated rings. The molecule has 2 aromatic rings. The molecule has 1 unspecified atom stereocenters. The standard InChI is InChI=1S/C22H22O6/c1-15-7-5-9-17(13-15)21(23)27-25-19-11-3-4-12-20(19)26-28-22(24)18-10-6-8-16(2)14-18/h5-11,13-14,19H,3-4,12H2,1-2H3. The van der Waals surface area contributed by atoms with Crippen LogP contribution >= 0.6 is 0 Å². The molecule has 1 saturated carbocycles. The molecule has 6 heteroatoms. The van der Waals surface area contributed by atoms with E-state index in [-0.39, 0.29) is 0 Å². The topological polar surface area (TPSA) is 71.1 Å². The molecule has 0 saturated heterocycles. The van der Waals surface area contributed by atoms with Crippen molar-refractivity contribution in [2.24, 2.45) is 0 Å². The van der Waals surface area contributed by atoms with Gasteiger partial charge in [-0.25, -0.2) is 9.59 Å². The Hall–Kier alpha value is -2.70. The van der Waals surface area contributed by atoms with Gasteiger partial charge in [-0.15, -0.1) is 0 Å². The summed E-state index contributed by atoms with van der Waals surface area (Å²) in [5.74, 6) is -1.20. The molecule has 146 valence electrons. The van der Waals surface area contributed by atoms with E-state index in [1.807, 2.05) is 32.4 Å². The van der Waals surface area contributed by atoms with Crippen LogP contribution in [0.25, 0.3) is 0 Å². The van der Waals surface area contributed by atoms with Crippen molar-refractivity contribution in [3.05, 3.63) is 83.3 Å². The van der Waals surface area contributed by atoms with Gasteiger partial charge in [0.2, 0.25) is 0 Å². The summed E-state index contributed by atoms with van der Waals surface area (Å²) in [4.78, 5) is 44.6. The number of carbonyl (C=O) groups is 2. The lowest BCUT2D eigenvalue weighted by atomic mass is 9.95. The number of hydrogen-bond donors (Lipinski definition) is 0. The highest BCUT2D eigenvalue weighted by molar-refractivity contribution is 5.89. The number of aryl methyl sites for hydroxylation is 2. The SMILES string of the molecule is Cc1cccc(C(=O)OO[C]2CCC[CH]C2OOC(=O)c2cccc(C)c2)c1. The number of hydrogen-bond acceptors (Lipinski definition) is 6. The molecule has 0 amide bonds. The van der Waals surface area contributed by atoms with Gasteiger partial charge in [-0.3, -0.25) is 9.78 Å². The maximum Gasteiger partial charge on any atom is 0.373 e. The van der Waals surface area contributed by atoms with Crippen LogP contribution in [0.15, 0.2) is 48.5 Å². The second-order valence-corrected chi connectivity index (χ2v) is 6.67. The van der Waals surface area contributed by atoms with Gasteiger partial charge in [-0.1, -0.05) is 35.4 Å². The van der Waals surface area contributed by atoms with Gasteiger partial charge in [-0.05, 0) is 63.8 Å². The van der Waals surface area contributed by atoms with Gasteiger partial charge in [0.25, 0.3) is 0 Å². The third kappa shape index (κ3) is 5.41. The van der Waals surface area contributed by atoms with Crippen LogP contribution in [0.1, 0.15) is 51.1 Å². The summed E-state index contributed by atoms with van der Waals surface area (Å²) < 4.78 is 0. The van der Waals surface area contributed by atoms with Crippen LogP contribution < -0.4 is 0 Å². The van der Waals surface area contributed by atoms with E-state index in [1.54, 1.807) is 36.4 Å². The van der Waals surface area contributed by atoms with Gasteiger partial charge >= 0.3 is 11.9 Å². The Morgan fingerprint density at radius 3 is 2.11 bits per heavy atom. The van der Waals surface area contributed by atoms with E-state index >= 15 is 0 Å². The molecule has 2 radical (unpaired) electrons. The maximum absolute atomic E-state index is 12.1. The molecular weight excluding hydrogens is 360 g/mol. The predicted octanol–water partition coefficient (Wildman–Crippen LogP) is 4.47. The van der Waals surface area contributed by atoms with Crippen LogP contribution in [0.5, 0.6) is 0 Å². The van der Waals surface area contributed by atoms with E-state index in [0.29, 0.717) is 23.7 Å². The fraction of sp³-hybridized carbons (Fsp3) is 0.273. The van der Waals surface area contributed by atoms with Crippen molar-refractivity contribution in [1.29, 1.82) is 0 Å². The molecule has 0 N–H and O–H groups in total. The zero-order chi connectivity index (χ0) is 19.9. The molecule has 0 spiro atoms. The van der Waals surface area contributed by atoms with Crippen molar-refractivity contribution in [3.63, 3.8) is 0 Å². The average Bonchev–Trinajstić information content (AvgIpc) is 2.70. The second kappa shape index (κ2) is 9.48. The first-order chi connectivity index (χ1) is 13.5. The van der Waals surface area contributed by atoms with Crippen LogP contribution in [-0.4, -0.2) is 18.0 Å². The Bertz CT molecular complexity index is 762. The number of carbonyl (C=O) groups excluding carboxylic acids is 2. The molecule has 3 rings (SSSR count). The highest BCUT2D eigenvalue weighted by atomic mass is 17.2. The summed E-state index contributed by atoms with van der Waals surface area (Å²) in [6.07, 6.45) is 3.61. The van der Waals surface area contributed by atoms with Crippen LogP contribution in [-0.2, 0) is 19.6 Å². The molecule has 2 aromatic carbocycles. The van der Waals surface area contributed by atoms with Crippen LogP contribution in [0, 0.1) is 26.4 Å². The first-order valence-electron chi connectivity index (χ1n) is 9.12. The zero-order valence-electron chi connectivity index (χ0n) is 15.8. The molecule has 1 atom stereocenters. The van der Waals surface area contributed by atoms with Gasteiger partial charge in [0, 0.05) is 0 Å². The zero-order valence-corrected chi connectivity index (χ0v) is 15.8. The fourth-order valence-electron chi connectivity index (χ4n) is 2.83. The van der Waals surface area contributed by atoms with Crippen molar-refractivity contribution in [1.82, 2.24) is 0 Å². The number of benzene rings is 2. The summed E-state index contributed by atoms with van der Waals surface area (Å²) in [5.41, 5.74) is 2.67. The molecule has 0 aromatic heterocycles. The highest BCUT2D eigenvalue weighted by Gasteiger charge is 2.33. The Morgan fingerprint density at radius 2 is 1.50 bits per heavy atom. The molecule has 6 nitrogen and oxygen atoms in total. The third-order valence-corrected chi connectivity index (χ3v) is 4.28. The van der Waals surface area contributed by atoms with E-state index in [4.69, 9.17) is 19.6 Å². The minimum atomic E-state index is -0.701. The van der Waals surface area contributed by atoms with E-state index in [1.165, 1.54) is 0 Å². The summed E-state index contributed by atoms with van der Waals surface area (Å²) in [6.45, 7) is 3.77. The molecule has 0 aliphatic heterocycles. The van der Waals surface area contributed by atoms with Crippen LogP contribution in [0.2, 0.25) is 0 Å². The quantitative estimate of drug-likeness (QED) is 0.542. The van der Waals surface area contributed by atoms with Crippen molar-refractivity contribution < 1.29 is 29.1 Å². The molecule has 0 bridgehead atoms. The van der Waals surface area contributed by atoms with E-state index in [0.717, 1.165) is 24.0 Å². The molecule has 0 heterocycles. The second-order valence-electron chi connectivity index (χ2n) is 6.67. The van der Waals surface area contributed by atoms with Crippen molar-refractivity contribution in [3.8, 4) is 0 Å². The van der Waals surface area contributed by atoms with Crippen LogP contribution in [0.4, 0.5) is 0 Å². The molecule has 1 aliphatic carbocycles. The van der Waals surface area contributed by atoms with Crippen LogP contribution in [0.3, 0.4) is 0 Å². The lowest BCUT2D eigenvalue weighted by molar-refractivity contribution is -0.311. The van der Waals surface area contributed by atoms with E-state index in [2.05, 4.69) is 0 Å². The minimum Gasteiger partial charge on any atom is -0.292 e. The summed E-state index contributed by atoms with van der Waals surface area (Å²) in [6, 6.07) is 14.0. The van der Waals surface area contributed by atoms with Crippen molar-refractivity contribution in [2.45, 2.75) is 39.2 Å². The normalized spacial score (nSPS) is 17.1. The van der Waals surface area contributed by atoms with Gasteiger partial charge in [-0.2, -0.15) is 9.78 Å². The Kier molecular flexibility index (Phi) is 6.79. The number of rotatable bonds is 6. The summed E-state index contributed by atoms with van der Waals surface area (Å²) >= 11 is 0. The fourth-order valence-corrected chi connectivity index (χ4v) is 2.83. The highest BCUT2D eigenvalue weighted by Crippen LogP contribution is 2.30. The van der Waals surface area contributed by atoms with Crippen molar-refractivity contribution >= 4 is 11.9 Å². The Labute approximate surface area is 164 Å². The maximum atomic E-state index is 12.1. The smallest absolute Gasteiger partial charge is 0.292 e. The first-order valence-corrected chi connectivity index (χ1v) is 9.12. The average molecular weight is 382 g/mol. The largest absolute Gasteiger partial charge is 0.373 e. The lowest BCUT2D eigenvalue weighted by Gasteiger charge is -2.26. The van der Waals surface area contributed by atoms with Crippen molar-refractivity contribution in [2.75, 3.05) is 0 Å². The Morgan fingerprint density at radius 1 is 0.893 bits per heavy atom. The third-order valence-electron chi connectivity index (χ3n) is 4.28. The Balaban J connectivity index is 1.53.